The minimum Gasteiger partial charge on any atom is -0.493 e. The number of hydrogen-bond donors (Lipinski definition) is 3. The van der Waals surface area contributed by atoms with Crippen molar-refractivity contribution in [1.82, 2.24) is 4.90 Å². The smallest absolute Gasteiger partial charge is 0.490 e. The van der Waals surface area contributed by atoms with Crippen molar-refractivity contribution in [1.29, 1.82) is 5.41 Å². The van der Waals surface area contributed by atoms with E-state index in [0.29, 0.717) is 22.6 Å². The number of fused-ring (bicyclic) bond motifs is 2. The van der Waals surface area contributed by atoms with Gasteiger partial charge >= 0.3 is 18.1 Å². The Labute approximate surface area is 244 Å². The van der Waals surface area contributed by atoms with E-state index >= 15 is 4.39 Å². The zero-order chi connectivity index (χ0) is 32.6. The highest BCUT2D eigenvalue weighted by molar-refractivity contribution is 6.06. The van der Waals surface area contributed by atoms with Gasteiger partial charge in [-0.3, -0.25) is 10.2 Å². The van der Waals surface area contributed by atoms with E-state index in [-0.39, 0.29) is 41.8 Å². The number of benzene rings is 2. The van der Waals surface area contributed by atoms with Gasteiger partial charge in [0.05, 0.1) is 38.1 Å². The molecule has 43 heavy (non-hydrogen) atoms. The SMILES string of the molecule is COc1cc2c(c(F)c1OC)C(=N)N(CC(=O)c1ccc3c(c1)N(C)C(C(C)(C)C)C(C(=O)O)O3)C2.O=C(O)C(F)(F)F. The fourth-order valence-electron chi connectivity index (χ4n) is 5.06. The van der Waals surface area contributed by atoms with Crippen molar-refractivity contribution in [3.05, 3.63) is 46.8 Å². The van der Waals surface area contributed by atoms with Gasteiger partial charge in [0.2, 0.25) is 6.10 Å². The summed E-state index contributed by atoms with van der Waals surface area (Å²) in [5.41, 5.74) is 1.20. The Morgan fingerprint density at radius 3 is 2.19 bits per heavy atom. The molecule has 0 aromatic heterocycles. The molecule has 2 aromatic carbocycles. The molecule has 0 fully saturated rings. The van der Waals surface area contributed by atoms with Gasteiger partial charge in [0, 0.05) is 19.2 Å². The van der Waals surface area contributed by atoms with Crippen molar-refractivity contribution >= 4 is 29.2 Å². The van der Waals surface area contributed by atoms with E-state index in [2.05, 4.69) is 0 Å². The first-order valence-corrected chi connectivity index (χ1v) is 12.7. The number of halogens is 4. The Kier molecular flexibility index (Phi) is 9.17. The number of amidine groups is 1. The molecule has 2 aliphatic rings. The molecule has 0 saturated heterocycles. The molecule has 0 bridgehead atoms. The topological polar surface area (TPSA) is 150 Å². The number of anilines is 1. The lowest BCUT2D eigenvalue weighted by atomic mass is 9.81. The standard InChI is InChI=1S/C26H30FN3O6.C2HF3O2/c1-26(2,3)23-22(25(32)33)36-17-8-7-13(9-15(17)29(23)4)16(31)12-30-11-14-10-18(34-5)21(35-6)20(27)19(14)24(30)28;3-2(4,5)1(6)7/h7-10,22-23,28H,11-12H2,1-6H3,(H,32,33);(H,6,7). The lowest BCUT2D eigenvalue weighted by molar-refractivity contribution is -0.192. The molecule has 2 atom stereocenters. The molecule has 234 valence electrons. The molecule has 2 aromatic rings. The van der Waals surface area contributed by atoms with Crippen molar-refractivity contribution in [2.75, 3.05) is 32.7 Å². The highest BCUT2D eigenvalue weighted by Gasteiger charge is 2.45. The Hall–Kier alpha value is -4.56. The first-order chi connectivity index (χ1) is 19.8. The maximum Gasteiger partial charge on any atom is 0.490 e. The van der Waals surface area contributed by atoms with Crippen molar-refractivity contribution < 1.29 is 56.4 Å². The summed E-state index contributed by atoms with van der Waals surface area (Å²) in [5.74, 6) is -4.36. The van der Waals surface area contributed by atoms with Crippen LogP contribution in [0.15, 0.2) is 24.3 Å². The van der Waals surface area contributed by atoms with Crippen molar-refractivity contribution in [2.24, 2.45) is 5.41 Å². The van der Waals surface area contributed by atoms with E-state index < -0.39 is 41.5 Å². The van der Waals surface area contributed by atoms with Gasteiger partial charge in [-0.1, -0.05) is 20.8 Å². The van der Waals surface area contributed by atoms with Crippen LogP contribution in [0.5, 0.6) is 17.2 Å². The maximum absolute atomic E-state index is 15.0. The number of carbonyl (C=O) groups excluding carboxylic acids is 1. The molecule has 4 rings (SSSR count). The van der Waals surface area contributed by atoms with E-state index in [1.807, 2.05) is 25.7 Å². The third-order valence-corrected chi connectivity index (χ3v) is 6.93. The van der Waals surface area contributed by atoms with Gasteiger partial charge in [0.25, 0.3) is 0 Å². The van der Waals surface area contributed by atoms with Crippen LogP contribution in [0.4, 0.5) is 23.2 Å². The number of nitrogens with one attached hydrogen (secondary N) is 1. The predicted octanol–water partition coefficient (Wildman–Crippen LogP) is 4.20. The van der Waals surface area contributed by atoms with Crippen LogP contribution >= 0.6 is 0 Å². The number of ketones is 1. The summed E-state index contributed by atoms with van der Waals surface area (Å²) in [6.07, 6.45) is -6.14. The number of rotatable bonds is 6. The fraction of sp³-hybridized carbons (Fsp3) is 0.429. The number of carbonyl (C=O) groups is 3. The lowest BCUT2D eigenvalue weighted by Crippen LogP contribution is -2.57. The van der Waals surface area contributed by atoms with E-state index in [9.17, 15) is 27.9 Å². The molecule has 2 aliphatic heterocycles. The van der Waals surface area contributed by atoms with Crippen LogP contribution in [0.2, 0.25) is 0 Å². The Balaban J connectivity index is 0.000000646. The molecule has 0 aliphatic carbocycles. The molecule has 0 radical (unpaired) electrons. The van der Waals surface area contributed by atoms with E-state index in [4.69, 9.17) is 29.5 Å². The highest BCUT2D eigenvalue weighted by Crippen LogP contribution is 2.42. The number of likely N-dealkylation sites (N-methyl/N-ethyl adjacent to an activating group) is 1. The summed E-state index contributed by atoms with van der Waals surface area (Å²) < 4.78 is 62.9. The van der Waals surface area contributed by atoms with E-state index in [1.54, 1.807) is 31.3 Å². The number of ether oxygens (including phenoxy) is 3. The summed E-state index contributed by atoms with van der Waals surface area (Å²) in [6.45, 7) is 5.85. The van der Waals surface area contributed by atoms with Gasteiger partial charge in [-0.15, -0.1) is 0 Å². The molecule has 3 N–H and O–H groups in total. The summed E-state index contributed by atoms with van der Waals surface area (Å²) in [4.78, 5) is 37.4. The molecule has 0 saturated carbocycles. The fourth-order valence-corrected chi connectivity index (χ4v) is 5.06. The summed E-state index contributed by atoms with van der Waals surface area (Å²) >= 11 is 0. The van der Waals surface area contributed by atoms with Crippen LogP contribution in [0.25, 0.3) is 0 Å². The van der Waals surface area contributed by atoms with Gasteiger partial charge in [0.15, 0.2) is 23.1 Å². The van der Waals surface area contributed by atoms with Gasteiger partial charge in [-0.05, 0) is 35.2 Å². The van der Waals surface area contributed by atoms with Crippen LogP contribution in [0, 0.1) is 16.6 Å². The molecule has 11 nitrogen and oxygen atoms in total. The Bertz CT molecular complexity index is 1450. The van der Waals surface area contributed by atoms with Gasteiger partial charge in [-0.2, -0.15) is 13.2 Å². The lowest BCUT2D eigenvalue weighted by Gasteiger charge is -2.46. The molecule has 15 heteroatoms. The van der Waals surface area contributed by atoms with Crippen LogP contribution in [0.3, 0.4) is 0 Å². The van der Waals surface area contributed by atoms with Crippen molar-refractivity contribution in [2.45, 2.75) is 45.6 Å². The average molecular weight is 614 g/mol. The quantitative estimate of drug-likeness (QED) is 0.320. The minimum atomic E-state index is -5.08. The zero-order valence-corrected chi connectivity index (χ0v) is 24.1. The number of carboxylic acids is 2. The summed E-state index contributed by atoms with van der Waals surface area (Å²) in [5, 5.41) is 25.3. The molecular formula is C28H31F4N3O8. The largest absolute Gasteiger partial charge is 0.493 e. The third-order valence-electron chi connectivity index (χ3n) is 6.93. The van der Waals surface area contributed by atoms with Crippen molar-refractivity contribution in [3.63, 3.8) is 0 Å². The second-order valence-electron chi connectivity index (χ2n) is 10.9. The van der Waals surface area contributed by atoms with Crippen LogP contribution < -0.4 is 19.1 Å². The third kappa shape index (κ3) is 6.60. The number of nitrogens with zero attached hydrogens (tertiary/aromatic N) is 2. The molecule has 2 unspecified atom stereocenters. The average Bonchev–Trinajstić information content (AvgIpc) is 3.21. The number of alkyl halides is 3. The Morgan fingerprint density at radius 2 is 1.70 bits per heavy atom. The molecule has 0 amide bonds. The first kappa shape index (κ1) is 32.9. The first-order valence-electron chi connectivity index (χ1n) is 12.7. The number of aliphatic carboxylic acids is 2. The van der Waals surface area contributed by atoms with Gasteiger partial charge in [0.1, 0.15) is 11.6 Å². The predicted molar refractivity (Wildman–Crippen MR) is 145 cm³/mol. The normalized spacial score (nSPS) is 17.7. The minimum absolute atomic E-state index is 0.0834. The maximum atomic E-state index is 15.0. The highest BCUT2D eigenvalue weighted by atomic mass is 19.4. The van der Waals surface area contributed by atoms with Crippen LogP contribution in [0.1, 0.15) is 42.3 Å². The van der Waals surface area contributed by atoms with Crippen LogP contribution in [-0.2, 0) is 16.1 Å². The zero-order valence-electron chi connectivity index (χ0n) is 24.1. The second-order valence-corrected chi connectivity index (χ2v) is 10.9. The monoisotopic (exact) mass is 613 g/mol. The number of methoxy groups -OCH3 is 2. The second kappa shape index (κ2) is 12.0. The molecule has 0 spiro atoms. The number of Topliss-reactive ketones (excluding diaryl/α,β-unsaturated/α-hetero) is 1. The van der Waals surface area contributed by atoms with E-state index in [1.165, 1.54) is 19.1 Å². The Morgan fingerprint density at radius 1 is 1.09 bits per heavy atom. The van der Waals surface area contributed by atoms with Gasteiger partial charge < -0.3 is 34.2 Å². The molecular weight excluding hydrogens is 582 g/mol. The molecule has 2 heterocycles. The number of carboxylic acid groups (broad SMARTS) is 2. The number of hydrogen-bond acceptors (Lipinski definition) is 8. The van der Waals surface area contributed by atoms with E-state index in [0.717, 1.165) is 0 Å². The summed E-state index contributed by atoms with van der Waals surface area (Å²) in [6, 6.07) is 5.99. The van der Waals surface area contributed by atoms with Gasteiger partial charge in [-0.25, -0.2) is 14.0 Å². The van der Waals surface area contributed by atoms with Crippen molar-refractivity contribution in [3.8, 4) is 17.2 Å². The van der Waals surface area contributed by atoms with Crippen LogP contribution in [-0.4, -0.2) is 84.8 Å². The summed E-state index contributed by atoms with van der Waals surface area (Å²) in [7, 11) is 4.52.